The number of amides is 1. The molecule has 1 aliphatic rings. The third-order valence-electron chi connectivity index (χ3n) is 5.55. The van der Waals surface area contributed by atoms with Crippen LogP contribution in [0.3, 0.4) is 0 Å². The van der Waals surface area contributed by atoms with Crippen molar-refractivity contribution in [1.82, 2.24) is 24.6 Å². The fourth-order valence-corrected chi connectivity index (χ4v) is 4.91. The first-order chi connectivity index (χ1) is 15.1. The van der Waals surface area contributed by atoms with Gasteiger partial charge in [-0.1, -0.05) is 60.3 Å². The standard InChI is InChI=1S/C24H29N5OS/c1-19(23(30)27(2)17-20-11-5-3-6-12-20)31-24-26-25-22(18-28-15-9-10-16-28)29(24)21-13-7-4-8-14-21/h3-8,11-14,19H,9-10,15-18H2,1-2H3. The molecule has 1 atom stereocenters. The Morgan fingerprint density at radius 2 is 1.68 bits per heavy atom. The molecule has 0 bridgehead atoms. The van der Waals surface area contributed by atoms with Gasteiger partial charge in [-0.2, -0.15) is 0 Å². The number of carbonyl (C=O) groups is 1. The van der Waals surface area contributed by atoms with Crippen molar-refractivity contribution in [3.05, 3.63) is 72.1 Å². The number of benzene rings is 2. The average Bonchev–Trinajstić information content (AvgIpc) is 3.45. The maximum atomic E-state index is 13.0. The SMILES string of the molecule is CC(Sc1nnc(CN2CCCC2)n1-c1ccccc1)C(=O)N(C)Cc1ccccc1. The Kier molecular flexibility index (Phi) is 7.04. The first-order valence-corrected chi connectivity index (χ1v) is 11.7. The molecule has 7 heteroatoms. The number of nitrogens with zero attached hydrogens (tertiary/aromatic N) is 5. The van der Waals surface area contributed by atoms with E-state index < -0.39 is 0 Å². The second-order valence-corrected chi connectivity index (χ2v) is 9.30. The monoisotopic (exact) mass is 435 g/mol. The maximum absolute atomic E-state index is 13.0. The lowest BCUT2D eigenvalue weighted by atomic mass is 10.2. The molecule has 0 saturated carbocycles. The molecule has 162 valence electrons. The van der Waals surface area contributed by atoms with E-state index in [-0.39, 0.29) is 11.2 Å². The number of hydrogen-bond acceptors (Lipinski definition) is 5. The molecule has 1 fully saturated rings. The van der Waals surface area contributed by atoms with Crippen molar-refractivity contribution in [2.24, 2.45) is 0 Å². The lowest BCUT2D eigenvalue weighted by Gasteiger charge is -2.21. The Morgan fingerprint density at radius 1 is 1.03 bits per heavy atom. The Balaban J connectivity index is 1.51. The Labute approximate surface area is 188 Å². The van der Waals surface area contributed by atoms with Gasteiger partial charge in [0.1, 0.15) is 0 Å². The summed E-state index contributed by atoms with van der Waals surface area (Å²) in [4.78, 5) is 17.2. The topological polar surface area (TPSA) is 54.3 Å². The van der Waals surface area contributed by atoms with Crippen molar-refractivity contribution in [3.8, 4) is 5.69 Å². The van der Waals surface area contributed by atoms with E-state index in [1.807, 2.05) is 62.5 Å². The van der Waals surface area contributed by atoms with E-state index in [1.165, 1.54) is 24.6 Å². The highest BCUT2D eigenvalue weighted by Gasteiger charge is 2.24. The summed E-state index contributed by atoms with van der Waals surface area (Å²) in [5, 5.41) is 9.48. The van der Waals surface area contributed by atoms with Gasteiger partial charge in [-0.25, -0.2) is 0 Å². The fraction of sp³-hybridized carbons (Fsp3) is 0.375. The number of likely N-dealkylation sites (tertiary alicyclic amines) is 1. The molecule has 0 aliphatic carbocycles. The maximum Gasteiger partial charge on any atom is 0.235 e. The Hall–Kier alpha value is -2.64. The van der Waals surface area contributed by atoms with E-state index in [0.717, 1.165) is 41.9 Å². The van der Waals surface area contributed by atoms with E-state index >= 15 is 0 Å². The summed E-state index contributed by atoms with van der Waals surface area (Å²) < 4.78 is 2.10. The molecule has 1 aromatic heterocycles. The van der Waals surface area contributed by atoms with E-state index in [1.54, 1.807) is 4.90 Å². The number of rotatable bonds is 8. The molecule has 1 saturated heterocycles. The van der Waals surface area contributed by atoms with Gasteiger partial charge >= 0.3 is 0 Å². The highest BCUT2D eigenvalue weighted by molar-refractivity contribution is 8.00. The molecule has 0 N–H and O–H groups in total. The molecular formula is C24H29N5OS. The molecule has 0 radical (unpaired) electrons. The molecule has 1 aliphatic heterocycles. The van der Waals surface area contributed by atoms with Gasteiger partial charge in [0, 0.05) is 19.3 Å². The van der Waals surface area contributed by atoms with E-state index in [2.05, 4.69) is 31.8 Å². The van der Waals surface area contributed by atoms with Gasteiger partial charge in [0.2, 0.25) is 5.91 Å². The molecule has 31 heavy (non-hydrogen) atoms. The van der Waals surface area contributed by atoms with Crippen LogP contribution in [0.1, 0.15) is 31.2 Å². The van der Waals surface area contributed by atoms with Crippen LogP contribution in [-0.2, 0) is 17.9 Å². The normalized spacial score (nSPS) is 15.2. The zero-order valence-electron chi connectivity index (χ0n) is 18.1. The Morgan fingerprint density at radius 3 is 2.35 bits per heavy atom. The van der Waals surface area contributed by atoms with E-state index in [0.29, 0.717) is 6.54 Å². The van der Waals surface area contributed by atoms with Crippen molar-refractivity contribution in [2.75, 3.05) is 20.1 Å². The second-order valence-electron chi connectivity index (χ2n) is 7.99. The lowest BCUT2D eigenvalue weighted by Crippen LogP contribution is -2.33. The highest BCUT2D eigenvalue weighted by atomic mass is 32.2. The summed E-state index contributed by atoms with van der Waals surface area (Å²) in [7, 11) is 1.85. The summed E-state index contributed by atoms with van der Waals surface area (Å²) in [6.45, 7) is 5.51. The summed E-state index contributed by atoms with van der Waals surface area (Å²) in [6.07, 6.45) is 2.47. The molecule has 2 heterocycles. The predicted octanol–water partition coefficient (Wildman–Crippen LogP) is 4.00. The Bertz CT molecular complexity index is 986. The largest absolute Gasteiger partial charge is 0.340 e. The summed E-state index contributed by atoms with van der Waals surface area (Å²) in [6, 6.07) is 20.2. The summed E-state index contributed by atoms with van der Waals surface area (Å²) in [5.41, 5.74) is 2.15. The number of aromatic nitrogens is 3. The molecule has 1 unspecified atom stereocenters. The van der Waals surface area contributed by atoms with Gasteiger partial charge in [0.15, 0.2) is 11.0 Å². The molecule has 2 aromatic carbocycles. The van der Waals surface area contributed by atoms with Crippen molar-refractivity contribution >= 4 is 17.7 Å². The molecule has 4 rings (SSSR count). The van der Waals surface area contributed by atoms with Crippen LogP contribution in [0.2, 0.25) is 0 Å². The van der Waals surface area contributed by atoms with Crippen LogP contribution in [-0.4, -0.2) is 55.9 Å². The molecule has 1 amide bonds. The zero-order chi connectivity index (χ0) is 21.6. The average molecular weight is 436 g/mol. The van der Waals surface area contributed by atoms with Gasteiger partial charge < -0.3 is 4.90 Å². The highest BCUT2D eigenvalue weighted by Crippen LogP contribution is 2.27. The van der Waals surface area contributed by atoms with Gasteiger partial charge in [0.25, 0.3) is 0 Å². The quantitative estimate of drug-likeness (QED) is 0.501. The van der Waals surface area contributed by atoms with Gasteiger partial charge in [-0.3, -0.25) is 14.3 Å². The minimum atomic E-state index is -0.264. The van der Waals surface area contributed by atoms with Crippen LogP contribution in [0.5, 0.6) is 0 Å². The van der Waals surface area contributed by atoms with Crippen molar-refractivity contribution in [2.45, 2.75) is 43.3 Å². The summed E-state index contributed by atoms with van der Waals surface area (Å²) in [5.74, 6) is 1.01. The predicted molar refractivity (Wildman–Crippen MR) is 124 cm³/mol. The third kappa shape index (κ3) is 5.35. The molecule has 6 nitrogen and oxygen atoms in total. The fourth-order valence-electron chi connectivity index (χ4n) is 3.91. The van der Waals surface area contributed by atoms with E-state index in [4.69, 9.17) is 0 Å². The minimum Gasteiger partial charge on any atom is -0.340 e. The number of para-hydroxylation sites is 1. The number of thioether (sulfide) groups is 1. The van der Waals surface area contributed by atoms with Crippen LogP contribution < -0.4 is 0 Å². The minimum absolute atomic E-state index is 0.0811. The molecule has 3 aromatic rings. The van der Waals surface area contributed by atoms with Gasteiger partial charge in [0.05, 0.1) is 11.8 Å². The smallest absolute Gasteiger partial charge is 0.235 e. The van der Waals surface area contributed by atoms with E-state index in [9.17, 15) is 4.79 Å². The van der Waals surface area contributed by atoms with Gasteiger partial charge in [-0.05, 0) is 50.6 Å². The lowest BCUT2D eigenvalue weighted by molar-refractivity contribution is -0.129. The van der Waals surface area contributed by atoms with Crippen LogP contribution in [0.15, 0.2) is 65.8 Å². The van der Waals surface area contributed by atoms with Crippen LogP contribution in [0.4, 0.5) is 0 Å². The van der Waals surface area contributed by atoms with Crippen LogP contribution >= 0.6 is 11.8 Å². The van der Waals surface area contributed by atoms with Crippen molar-refractivity contribution < 1.29 is 4.79 Å². The van der Waals surface area contributed by atoms with Gasteiger partial charge in [-0.15, -0.1) is 10.2 Å². The number of carbonyl (C=O) groups excluding carboxylic acids is 1. The zero-order valence-corrected chi connectivity index (χ0v) is 19.0. The molecular weight excluding hydrogens is 406 g/mol. The summed E-state index contributed by atoms with van der Waals surface area (Å²) >= 11 is 1.47. The van der Waals surface area contributed by atoms with Crippen LogP contribution in [0, 0.1) is 0 Å². The second kappa shape index (κ2) is 10.1. The number of hydrogen-bond donors (Lipinski definition) is 0. The molecule has 0 spiro atoms. The third-order valence-corrected chi connectivity index (χ3v) is 6.58. The van der Waals surface area contributed by atoms with Crippen molar-refractivity contribution in [1.29, 1.82) is 0 Å². The van der Waals surface area contributed by atoms with Crippen molar-refractivity contribution in [3.63, 3.8) is 0 Å². The first kappa shape index (κ1) is 21.6. The van der Waals surface area contributed by atoms with Crippen LogP contribution in [0.25, 0.3) is 5.69 Å². The first-order valence-electron chi connectivity index (χ1n) is 10.8.